The quantitative estimate of drug-likeness (QED) is 0.620. The summed E-state index contributed by atoms with van der Waals surface area (Å²) in [6, 6.07) is 27.6. The van der Waals surface area contributed by atoms with Crippen LogP contribution in [0.4, 0.5) is 5.69 Å². The van der Waals surface area contributed by atoms with Crippen LogP contribution in [0.3, 0.4) is 0 Å². The molecule has 33 heavy (non-hydrogen) atoms. The molecular weight excluding hydrogens is 410 g/mol. The van der Waals surface area contributed by atoms with Crippen LogP contribution in [-0.2, 0) is 4.79 Å². The maximum atomic E-state index is 13.6. The number of rotatable bonds is 6. The van der Waals surface area contributed by atoms with Crippen molar-refractivity contribution < 1.29 is 9.59 Å². The summed E-state index contributed by atoms with van der Waals surface area (Å²) in [7, 11) is 3.95. The van der Waals surface area contributed by atoms with Crippen molar-refractivity contribution in [2.75, 3.05) is 32.1 Å². The average Bonchev–Trinajstić information content (AvgIpc) is 2.86. The fraction of sp³-hybridized carbons (Fsp3) is 0.286. The molecule has 1 heterocycles. The van der Waals surface area contributed by atoms with Crippen LogP contribution < -0.4 is 10.2 Å². The Balaban J connectivity index is 1.39. The monoisotopic (exact) mass is 441 g/mol. The molecular formula is C28H31N3O2. The number of hydrogen-bond acceptors (Lipinski definition) is 3. The van der Waals surface area contributed by atoms with E-state index >= 15 is 0 Å². The van der Waals surface area contributed by atoms with Crippen molar-refractivity contribution in [2.24, 2.45) is 0 Å². The van der Waals surface area contributed by atoms with Crippen LogP contribution in [0.25, 0.3) is 0 Å². The van der Waals surface area contributed by atoms with E-state index in [4.69, 9.17) is 0 Å². The van der Waals surface area contributed by atoms with Crippen molar-refractivity contribution >= 4 is 17.5 Å². The van der Waals surface area contributed by atoms with Gasteiger partial charge in [-0.2, -0.15) is 0 Å². The minimum absolute atomic E-state index is 0.0588. The highest BCUT2D eigenvalue weighted by molar-refractivity contribution is 5.94. The average molecular weight is 442 g/mol. The molecule has 1 aliphatic rings. The summed E-state index contributed by atoms with van der Waals surface area (Å²) in [5.74, 6) is -0.248. The third kappa shape index (κ3) is 5.43. The van der Waals surface area contributed by atoms with E-state index in [2.05, 4.69) is 5.32 Å². The second kappa shape index (κ2) is 10.3. The summed E-state index contributed by atoms with van der Waals surface area (Å²) in [4.78, 5) is 30.2. The second-order valence-corrected chi connectivity index (χ2v) is 8.77. The molecule has 4 rings (SSSR count). The van der Waals surface area contributed by atoms with Crippen LogP contribution in [0.5, 0.6) is 0 Å². The van der Waals surface area contributed by atoms with Crippen LogP contribution >= 0.6 is 0 Å². The first-order valence-corrected chi connectivity index (χ1v) is 11.5. The number of benzene rings is 3. The van der Waals surface area contributed by atoms with Gasteiger partial charge in [0.2, 0.25) is 5.91 Å². The van der Waals surface area contributed by atoms with Gasteiger partial charge in [-0.05, 0) is 48.2 Å². The molecule has 1 fully saturated rings. The number of likely N-dealkylation sites (tertiary alicyclic amines) is 1. The fourth-order valence-corrected chi connectivity index (χ4v) is 4.38. The molecule has 0 unspecified atom stereocenters. The van der Waals surface area contributed by atoms with E-state index in [1.807, 2.05) is 109 Å². The fourth-order valence-electron chi connectivity index (χ4n) is 4.38. The summed E-state index contributed by atoms with van der Waals surface area (Å²) in [5.41, 5.74) is 3.73. The Hall–Kier alpha value is -3.60. The lowest BCUT2D eigenvalue weighted by Gasteiger charge is -2.35. The van der Waals surface area contributed by atoms with E-state index in [0.717, 1.165) is 29.7 Å². The van der Waals surface area contributed by atoms with Gasteiger partial charge < -0.3 is 15.1 Å². The number of carbonyl (C=O) groups excluding carboxylic acids is 2. The Bertz CT molecular complexity index is 1020. The lowest BCUT2D eigenvalue weighted by Crippen LogP contribution is -2.47. The summed E-state index contributed by atoms with van der Waals surface area (Å²) < 4.78 is 0. The summed E-state index contributed by atoms with van der Waals surface area (Å²) in [5, 5.41) is 3.15. The van der Waals surface area contributed by atoms with Crippen molar-refractivity contribution in [2.45, 2.75) is 24.8 Å². The Kier molecular flexibility index (Phi) is 7.08. The van der Waals surface area contributed by atoms with Gasteiger partial charge in [-0.1, -0.05) is 60.7 Å². The molecule has 0 bridgehead atoms. The topological polar surface area (TPSA) is 52.7 Å². The molecule has 0 aliphatic carbocycles. The smallest absolute Gasteiger partial charge is 0.251 e. The van der Waals surface area contributed by atoms with Crippen molar-refractivity contribution in [3.05, 3.63) is 102 Å². The molecule has 0 radical (unpaired) electrons. The van der Waals surface area contributed by atoms with E-state index in [0.29, 0.717) is 18.7 Å². The first-order valence-electron chi connectivity index (χ1n) is 11.5. The number of piperidine rings is 1. The molecule has 2 amide bonds. The summed E-state index contributed by atoms with van der Waals surface area (Å²) in [6.45, 7) is 1.28. The SMILES string of the molecule is CN(C)c1ccc(C(=O)NC2CCN(C(=O)C(c3ccccc3)c3ccccc3)CC2)cc1. The van der Waals surface area contributed by atoms with Crippen LogP contribution in [0.15, 0.2) is 84.9 Å². The maximum absolute atomic E-state index is 13.6. The molecule has 3 aromatic rings. The van der Waals surface area contributed by atoms with Gasteiger partial charge >= 0.3 is 0 Å². The molecule has 0 aromatic heterocycles. The van der Waals surface area contributed by atoms with Gasteiger partial charge in [0, 0.05) is 44.5 Å². The van der Waals surface area contributed by atoms with Gasteiger partial charge in [0.25, 0.3) is 5.91 Å². The Morgan fingerprint density at radius 1 is 0.818 bits per heavy atom. The Labute approximate surface area is 196 Å². The zero-order valence-electron chi connectivity index (χ0n) is 19.3. The summed E-state index contributed by atoms with van der Waals surface area (Å²) in [6.07, 6.45) is 1.51. The van der Waals surface area contributed by atoms with Crippen LogP contribution in [0.2, 0.25) is 0 Å². The molecule has 0 saturated carbocycles. The van der Waals surface area contributed by atoms with E-state index in [-0.39, 0.29) is 23.8 Å². The zero-order valence-corrected chi connectivity index (χ0v) is 19.3. The molecule has 1 saturated heterocycles. The van der Waals surface area contributed by atoms with Crippen molar-refractivity contribution in [1.29, 1.82) is 0 Å². The van der Waals surface area contributed by atoms with Crippen molar-refractivity contribution in [1.82, 2.24) is 10.2 Å². The standard InChI is InChI=1S/C28H31N3O2/c1-30(2)25-15-13-23(14-16-25)27(32)29-24-17-19-31(20-18-24)28(33)26(21-9-5-3-6-10-21)22-11-7-4-8-12-22/h3-16,24,26H,17-20H2,1-2H3,(H,29,32). The maximum Gasteiger partial charge on any atom is 0.251 e. The third-order valence-corrected chi connectivity index (χ3v) is 6.30. The molecule has 170 valence electrons. The minimum Gasteiger partial charge on any atom is -0.378 e. The van der Waals surface area contributed by atoms with E-state index in [1.54, 1.807) is 0 Å². The van der Waals surface area contributed by atoms with Gasteiger partial charge in [-0.25, -0.2) is 0 Å². The van der Waals surface area contributed by atoms with E-state index < -0.39 is 0 Å². The number of anilines is 1. The first-order chi connectivity index (χ1) is 16.0. The Morgan fingerprint density at radius 3 is 1.82 bits per heavy atom. The zero-order chi connectivity index (χ0) is 23.2. The molecule has 3 aromatic carbocycles. The molecule has 5 nitrogen and oxygen atoms in total. The molecule has 0 atom stereocenters. The highest BCUT2D eigenvalue weighted by atomic mass is 16.2. The predicted molar refractivity (Wildman–Crippen MR) is 133 cm³/mol. The lowest BCUT2D eigenvalue weighted by atomic mass is 9.89. The number of carbonyl (C=O) groups is 2. The van der Waals surface area contributed by atoms with Gasteiger partial charge in [-0.15, -0.1) is 0 Å². The third-order valence-electron chi connectivity index (χ3n) is 6.30. The normalized spacial score (nSPS) is 14.2. The minimum atomic E-state index is -0.311. The van der Waals surface area contributed by atoms with Gasteiger partial charge in [0.15, 0.2) is 0 Å². The van der Waals surface area contributed by atoms with Crippen LogP contribution in [-0.4, -0.2) is 49.9 Å². The summed E-state index contributed by atoms with van der Waals surface area (Å²) >= 11 is 0. The number of nitrogens with one attached hydrogen (secondary N) is 1. The van der Waals surface area contributed by atoms with E-state index in [1.165, 1.54) is 0 Å². The highest BCUT2D eigenvalue weighted by Crippen LogP contribution is 2.28. The van der Waals surface area contributed by atoms with Gasteiger partial charge in [0.05, 0.1) is 5.92 Å². The van der Waals surface area contributed by atoms with Gasteiger partial charge in [0.1, 0.15) is 0 Å². The number of hydrogen-bond donors (Lipinski definition) is 1. The van der Waals surface area contributed by atoms with Crippen LogP contribution in [0, 0.1) is 0 Å². The Morgan fingerprint density at radius 2 is 1.33 bits per heavy atom. The molecule has 1 aliphatic heterocycles. The number of nitrogens with zero attached hydrogens (tertiary/aromatic N) is 2. The second-order valence-electron chi connectivity index (χ2n) is 8.77. The molecule has 1 N–H and O–H groups in total. The van der Waals surface area contributed by atoms with E-state index in [9.17, 15) is 9.59 Å². The first kappa shape index (κ1) is 22.6. The number of amides is 2. The highest BCUT2D eigenvalue weighted by Gasteiger charge is 2.30. The van der Waals surface area contributed by atoms with Crippen molar-refractivity contribution in [3.63, 3.8) is 0 Å². The van der Waals surface area contributed by atoms with Crippen LogP contribution in [0.1, 0.15) is 40.2 Å². The lowest BCUT2D eigenvalue weighted by molar-refractivity contribution is -0.132. The van der Waals surface area contributed by atoms with Crippen molar-refractivity contribution in [3.8, 4) is 0 Å². The largest absolute Gasteiger partial charge is 0.378 e. The molecule has 0 spiro atoms. The molecule has 5 heteroatoms. The predicted octanol–water partition coefficient (Wildman–Crippen LogP) is 4.31. The van der Waals surface area contributed by atoms with Gasteiger partial charge in [-0.3, -0.25) is 9.59 Å².